The Morgan fingerprint density at radius 3 is 2.21 bits per heavy atom. The van der Waals surface area contributed by atoms with Crippen LogP contribution < -0.4 is 14.2 Å². The molecule has 2 rings (SSSR count). The van der Waals surface area contributed by atoms with E-state index in [1.54, 1.807) is 55.5 Å². The van der Waals surface area contributed by atoms with Crippen molar-refractivity contribution in [1.82, 2.24) is 0 Å². The van der Waals surface area contributed by atoms with Crippen LogP contribution in [-0.4, -0.2) is 44.8 Å². The van der Waals surface area contributed by atoms with Crippen LogP contribution >= 0.6 is 0 Å². The van der Waals surface area contributed by atoms with Crippen LogP contribution in [0.3, 0.4) is 0 Å². The summed E-state index contributed by atoms with van der Waals surface area (Å²) in [7, 11) is 1.31. The summed E-state index contributed by atoms with van der Waals surface area (Å²) in [6.07, 6.45) is 8.27. The number of rotatable bonds is 17. The molecule has 0 heterocycles. The van der Waals surface area contributed by atoms with Gasteiger partial charge in [0.1, 0.15) is 5.75 Å². The maximum atomic E-state index is 12.8. The van der Waals surface area contributed by atoms with Crippen molar-refractivity contribution in [3.8, 4) is 17.2 Å². The van der Waals surface area contributed by atoms with Gasteiger partial charge in [0.2, 0.25) is 0 Å². The number of carbonyl (C=O) groups is 3. The topological polar surface area (TPSA) is 97.4 Å². The number of hydrogen-bond donors (Lipinski definition) is 0. The van der Waals surface area contributed by atoms with Gasteiger partial charge in [-0.05, 0) is 87.1 Å². The van der Waals surface area contributed by atoms with Gasteiger partial charge in [-0.1, -0.05) is 26.0 Å². The van der Waals surface area contributed by atoms with Crippen molar-refractivity contribution in [2.75, 3.05) is 26.9 Å². The molecule has 2 aromatic carbocycles. The number of unbranched alkanes of at least 4 members (excludes halogenated alkanes) is 4. The summed E-state index contributed by atoms with van der Waals surface area (Å²) in [6.45, 7) is 8.65. The van der Waals surface area contributed by atoms with Crippen LogP contribution in [0.5, 0.6) is 17.2 Å². The highest BCUT2D eigenvalue weighted by Crippen LogP contribution is 2.30. The molecule has 0 radical (unpaired) electrons. The van der Waals surface area contributed by atoms with E-state index in [9.17, 15) is 14.4 Å². The molecule has 0 unspecified atom stereocenters. The minimum atomic E-state index is -0.521. The standard InChI is InChI=1S/C31H38O8/c1-5-6-19-37-28-22-24(12-18-29(32)35-4)11-17-27(28)39-31(34)25-13-15-26(16-14-25)36-20-9-7-8-10-21-38-30(33)23(2)3/h11-18,22H,2,5-10,19-21H2,1,3-4H3. The molecule has 0 spiro atoms. The molecule has 0 atom stereocenters. The van der Waals surface area contributed by atoms with Crippen molar-refractivity contribution in [3.63, 3.8) is 0 Å². The lowest BCUT2D eigenvalue weighted by molar-refractivity contribution is -0.139. The normalized spacial score (nSPS) is 10.6. The summed E-state index contributed by atoms with van der Waals surface area (Å²) in [4.78, 5) is 35.5. The average Bonchev–Trinajstić information content (AvgIpc) is 2.94. The zero-order valence-corrected chi connectivity index (χ0v) is 23.0. The van der Waals surface area contributed by atoms with E-state index in [0.29, 0.717) is 53.8 Å². The lowest BCUT2D eigenvalue weighted by Gasteiger charge is -2.13. The van der Waals surface area contributed by atoms with E-state index in [1.165, 1.54) is 13.2 Å². The highest BCUT2D eigenvalue weighted by Gasteiger charge is 2.14. The predicted molar refractivity (Wildman–Crippen MR) is 149 cm³/mol. The fourth-order valence-corrected chi connectivity index (χ4v) is 3.27. The monoisotopic (exact) mass is 538 g/mol. The molecule has 0 saturated carbocycles. The zero-order chi connectivity index (χ0) is 28.5. The van der Waals surface area contributed by atoms with Crippen molar-refractivity contribution < 1.29 is 38.1 Å². The Bertz CT molecular complexity index is 1120. The first-order valence-electron chi connectivity index (χ1n) is 13.1. The summed E-state index contributed by atoms with van der Waals surface area (Å²) < 4.78 is 26.9. The fraction of sp³-hybridized carbons (Fsp3) is 0.387. The number of ether oxygens (including phenoxy) is 5. The van der Waals surface area contributed by atoms with Gasteiger partial charge in [0, 0.05) is 11.6 Å². The van der Waals surface area contributed by atoms with Crippen molar-refractivity contribution in [1.29, 1.82) is 0 Å². The minimum Gasteiger partial charge on any atom is -0.494 e. The van der Waals surface area contributed by atoms with E-state index < -0.39 is 11.9 Å². The minimum absolute atomic E-state index is 0.293. The van der Waals surface area contributed by atoms with E-state index in [4.69, 9.17) is 18.9 Å². The fourth-order valence-electron chi connectivity index (χ4n) is 3.27. The van der Waals surface area contributed by atoms with Crippen LogP contribution in [0.15, 0.2) is 60.7 Å². The molecule has 0 aromatic heterocycles. The molecule has 0 fully saturated rings. The van der Waals surface area contributed by atoms with E-state index in [0.717, 1.165) is 38.5 Å². The summed E-state index contributed by atoms with van der Waals surface area (Å²) in [5, 5.41) is 0. The van der Waals surface area contributed by atoms with Gasteiger partial charge in [0.05, 0.1) is 32.5 Å². The molecule has 39 heavy (non-hydrogen) atoms. The van der Waals surface area contributed by atoms with Gasteiger partial charge >= 0.3 is 17.9 Å². The number of hydrogen-bond acceptors (Lipinski definition) is 8. The van der Waals surface area contributed by atoms with Gasteiger partial charge in [-0.25, -0.2) is 14.4 Å². The van der Waals surface area contributed by atoms with Gasteiger partial charge < -0.3 is 23.7 Å². The number of benzene rings is 2. The lowest BCUT2D eigenvalue weighted by atomic mass is 10.1. The number of methoxy groups -OCH3 is 1. The molecule has 8 nitrogen and oxygen atoms in total. The Balaban J connectivity index is 1.85. The van der Waals surface area contributed by atoms with E-state index in [2.05, 4.69) is 18.2 Å². The highest BCUT2D eigenvalue weighted by atomic mass is 16.6. The number of esters is 3. The Labute approximate surface area is 230 Å². The molecule has 0 aliphatic carbocycles. The third-order valence-electron chi connectivity index (χ3n) is 5.52. The largest absolute Gasteiger partial charge is 0.494 e. The third kappa shape index (κ3) is 11.9. The molecule has 0 N–H and O–H groups in total. The highest BCUT2D eigenvalue weighted by molar-refractivity contribution is 5.91. The van der Waals surface area contributed by atoms with Crippen molar-refractivity contribution >= 4 is 24.0 Å². The second kappa shape index (κ2) is 17.4. The van der Waals surface area contributed by atoms with Crippen LogP contribution in [0.2, 0.25) is 0 Å². The SMILES string of the molecule is C=C(C)C(=O)OCCCCCCOc1ccc(C(=O)Oc2ccc(C=CC(=O)OC)cc2OCCCC)cc1. The van der Waals surface area contributed by atoms with Gasteiger partial charge in [0.15, 0.2) is 11.5 Å². The maximum absolute atomic E-state index is 12.8. The maximum Gasteiger partial charge on any atom is 0.343 e. The molecule has 0 amide bonds. The van der Waals surface area contributed by atoms with E-state index >= 15 is 0 Å². The van der Waals surface area contributed by atoms with Crippen molar-refractivity contribution in [2.24, 2.45) is 0 Å². The molecule has 0 bridgehead atoms. The van der Waals surface area contributed by atoms with Gasteiger partial charge in [-0.2, -0.15) is 0 Å². The molecule has 0 aliphatic rings. The van der Waals surface area contributed by atoms with Crippen LogP contribution in [0.1, 0.15) is 68.3 Å². The summed E-state index contributed by atoms with van der Waals surface area (Å²) >= 11 is 0. The summed E-state index contributed by atoms with van der Waals surface area (Å²) in [6, 6.07) is 11.8. The third-order valence-corrected chi connectivity index (χ3v) is 5.52. The molecule has 2 aromatic rings. The molecule has 8 heteroatoms. The van der Waals surface area contributed by atoms with Crippen LogP contribution in [0.25, 0.3) is 6.08 Å². The van der Waals surface area contributed by atoms with E-state index in [1.807, 2.05) is 0 Å². The van der Waals surface area contributed by atoms with Crippen molar-refractivity contribution in [3.05, 3.63) is 71.8 Å². The Kier molecular flexibility index (Phi) is 13.9. The Hall–Kier alpha value is -4.07. The Morgan fingerprint density at radius 2 is 1.54 bits per heavy atom. The van der Waals surface area contributed by atoms with E-state index in [-0.39, 0.29) is 5.97 Å². The second-order valence-electron chi connectivity index (χ2n) is 8.86. The number of carbonyl (C=O) groups excluding carboxylic acids is 3. The van der Waals surface area contributed by atoms with Crippen LogP contribution in [0, 0.1) is 0 Å². The zero-order valence-electron chi connectivity index (χ0n) is 23.0. The van der Waals surface area contributed by atoms with Gasteiger partial charge in [-0.3, -0.25) is 0 Å². The second-order valence-corrected chi connectivity index (χ2v) is 8.86. The van der Waals surface area contributed by atoms with Gasteiger partial charge in [-0.15, -0.1) is 0 Å². The van der Waals surface area contributed by atoms with Crippen LogP contribution in [0.4, 0.5) is 0 Å². The molecular weight excluding hydrogens is 500 g/mol. The predicted octanol–water partition coefficient (Wildman–Crippen LogP) is 6.33. The Morgan fingerprint density at radius 1 is 0.846 bits per heavy atom. The molecule has 0 aliphatic heterocycles. The summed E-state index contributed by atoms with van der Waals surface area (Å²) in [5.74, 6) is 0.0255. The molecule has 0 saturated heterocycles. The van der Waals surface area contributed by atoms with Crippen molar-refractivity contribution in [2.45, 2.75) is 52.4 Å². The first kappa shape index (κ1) is 31.1. The first-order chi connectivity index (χ1) is 18.8. The lowest BCUT2D eigenvalue weighted by Crippen LogP contribution is -2.10. The summed E-state index contributed by atoms with van der Waals surface area (Å²) in [5.41, 5.74) is 1.49. The average molecular weight is 539 g/mol. The quantitative estimate of drug-likeness (QED) is 0.0998. The molecule has 210 valence electrons. The van der Waals surface area contributed by atoms with Gasteiger partial charge in [0.25, 0.3) is 0 Å². The first-order valence-corrected chi connectivity index (χ1v) is 13.1. The molecular formula is C31H38O8. The van der Waals surface area contributed by atoms with Crippen LogP contribution in [-0.2, 0) is 19.1 Å². The smallest absolute Gasteiger partial charge is 0.343 e.